The van der Waals surface area contributed by atoms with Gasteiger partial charge in [0.2, 0.25) is 0 Å². The molecule has 3 aromatic heterocycles. The van der Waals surface area contributed by atoms with E-state index in [4.69, 9.17) is 9.47 Å². The number of anilines is 1. The van der Waals surface area contributed by atoms with Crippen LogP contribution in [0.5, 0.6) is 11.5 Å². The molecule has 1 atom stereocenters. The number of aromatic nitrogens is 5. The first kappa shape index (κ1) is 17.3. The second kappa shape index (κ2) is 6.19. The van der Waals surface area contributed by atoms with Crippen molar-refractivity contribution in [3.8, 4) is 22.6 Å². The minimum atomic E-state index is -0.247. The van der Waals surface area contributed by atoms with Gasteiger partial charge >= 0.3 is 0 Å². The number of ether oxygens (including phenoxy) is 2. The lowest BCUT2D eigenvalue weighted by Crippen LogP contribution is -2.13. The normalized spacial score (nSPS) is 17.2. The summed E-state index contributed by atoms with van der Waals surface area (Å²) in [5.41, 5.74) is 4.91. The molecule has 0 bridgehead atoms. The first-order valence-corrected chi connectivity index (χ1v) is 9.78. The lowest BCUT2D eigenvalue weighted by atomic mass is 9.96. The highest BCUT2D eigenvalue weighted by Gasteiger charge is 2.31. The summed E-state index contributed by atoms with van der Waals surface area (Å²) in [6, 6.07) is 5.11. The Morgan fingerprint density at radius 1 is 1.17 bits per heavy atom. The molecule has 0 saturated heterocycles. The molecule has 0 aliphatic carbocycles. The third kappa shape index (κ3) is 2.41. The van der Waals surface area contributed by atoms with Crippen molar-refractivity contribution in [1.29, 1.82) is 0 Å². The van der Waals surface area contributed by atoms with Crippen LogP contribution in [0.2, 0.25) is 0 Å². The van der Waals surface area contributed by atoms with E-state index in [1.165, 1.54) is 6.07 Å². The van der Waals surface area contributed by atoms with Crippen molar-refractivity contribution in [1.82, 2.24) is 24.4 Å². The molecule has 0 fully saturated rings. The Labute approximate surface area is 171 Å². The van der Waals surface area contributed by atoms with Gasteiger partial charge in [-0.2, -0.15) is 5.10 Å². The van der Waals surface area contributed by atoms with E-state index in [1.54, 1.807) is 17.1 Å². The number of fused-ring (bicyclic) bond motifs is 3. The van der Waals surface area contributed by atoms with E-state index >= 15 is 0 Å². The second-order valence-electron chi connectivity index (χ2n) is 7.71. The zero-order valence-corrected chi connectivity index (χ0v) is 16.5. The summed E-state index contributed by atoms with van der Waals surface area (Å²) in [6.07, 6.45) is 3.59. The summed E-state index contributed by atoms with van der Waals surface area (Å²) >= 11 is 0. The topological polar surface area (TPSA) is 78.5 Å². The fourth-order valence-corrected chi connectivity index (χ4v) is 4.45. The fourth-order valence-electron chi connectivity index (χ4n) is 4.45. The summed E-state index contributed by atoms with van der Waals surface area (Å²) in [5.74, 6) is 1.80. The highest BCUT2D eigenvalue weighted by Crippen LogP contribution is 2.42. The van der Waals surface area contributed by atoms with Crippen molar-refractivity contribution in [3.63, 3.8) is 0 Å². The first-order chi connectivity index (χ1) is 14.6. The molecule has 6 rings (SSSR count). The average Bonchev–Trinajstić information content (AvgIpc) is 3.44. The number of benzene rings is 1. The molecule has 0 spiro atoms. The standard InChI is InChI=1S/C21H19FN6O2/c1-11-15(7-27(2)26-11)13-5-18-21(28-10-24-25-20(13)28)23-6-14-16(22)3-4-17-19(14)12(8-29-17)9-30-18/h3-5,7,10,12,23H,6,8-9H2,1-2H3/t12-/m0/s1. The van der Waals surface area contributed by atoms with Gasteiger partial charge in [0.1, 0.15) is 17.9 Å². The number of nitrogens with one attached hydrogen (secondary N) is 1. The molecule has 1 aromatic carbocycles. The molecule has 2 aliphatic rings. The summed E-state index contributed by atoms with van der Waals surface area (Å²) in [7, 11) is 1.89. The Morgan fingerprint density at radius 2 is 2.00 bits per heavy atom. The maximum atomic E-state index is 14.7. The Balaban J connectivity index is 1.53. The van der Waals surface area contributed by atoms with E-state index in [9.17, 15) is 4.39 Å². The average molecular weight is 406 g/mol. The molecule has 152 valence electrons. The molecule has 0 amide bonds. The van der Waals surface area contributed by atoms with Crippen LogP contribution >= 0.6 is 0 Å². The van der Waals surface area contributed by atoms with Crippen LogP contribution in [-0.2, 0) is 13.6 Å². The Kier molecular flexibility index (Phi) is 3.56. The number of nitrogens with zero attached hydrogens (tertiary/aromatic N) is 5. The highest BCUT2D eigenvalue weighted by atomic mass is 19.1. The van der Waals surface area contributed by atoms with Crippen molar-refractivity contribution >= 4 is 11.5 Å². The van der Waals surface area contributed by atoms with E-state index in [-0.39, 0.29) is 11.7 Å². The predicted octanol–water partition coefficient (Wildman–Crippen LogP) is 3.06. The van der Waals surface area contributed by atoms with Crippen LogP contribution < -0.4 is 14.8 Å². The Bertz CT molecular complexity index is 1310. The third-order valence-electron chi connectivity index (χ3n) is 5.82. The summed E-state index contributed by atoms with van der Waals surface area (Å²) in [4.78, 5) is 0. The van der Waals surface area contributed by atoms with Crippen LogP contribution in [0.25, 0.3) is 16.8 Å². The quantitative estimate of drug-likeness (QED) is 0.524. The van der Waals surface area contributed by atoms with Gasteiger partial charge in [-0.05, 0) is 25.1 Å². The van der Waals surface area contributed by atoms with E-state index in [0.29, 0.717) is 42.5 Å². The van der Waals surface area contributed by atoms with E-state index in [2.05, 4.69) is 20.6 Å². The number of hydrogen-bond acceptors (Lipinski definition) is 6. The SMILES string of the molecule is Cc1nn(C)cc1-c1cc2c(n3cnnc13)NCc1c(F)ccc3c1[C@@H](CO3)CO2. The van der Waals surface area contributed by atoms with Crippen molar-refractivity contribution in [2.75, 3.05) is 18.5 Å². The lowest BCUT2D eigenvalue weighted by molar-refractivity contribution is 0.249. The van der Waals surface area contributed by atoms with Gasteiger partial charge in [0, 0.05) is 42.0 Å². The van der Waals surface area contributed by atoms with Crippen LogP contribution in [0, 0.1) is 12.7 Å². The monoisotopic (exact) mass is 406 g/mol. The number of rotatable bonds is 1. The molecule has 30 heavy (non-hydrogen) atoms. The lowest BCUT2D eigenvalue weighted by Gasteiger charge is -2.16. The molecule has 4 aromatic rings. The van der Waals surface area contributed by atoms with Gasteiger partial charge in [-0.3, -0.25) is 9.08 Å². The zero-order valence-electron chi connectivity index (χ0n) is 16.5. The molecule has 0 unspecified atom stereocenters. The van der Waals surface area contributed by atoms with Gasteiger partial charge in [0.05, 0.1) is 24.8 Å². The van der Waals surface area contributed by atoms with Gasteiger partial charge in [-0.1, -0.05) is 0 Å². The molecule has 0 saturated carbocycles. The molecule has 9 heteroatoms. The maximum Gasteiger partial charge on any atom is 0.170 e. The van der Waals surface area contributed by atoms with Gasteiger partial charge in [0.15, 0.2) is 17.2 Å². The van der Waals surface area contributed by atoms with Crippen LogP contribution in [-0.4, -0.2) is 37.6 Å². The minimum absolute atomic E-state index is 0.0290. The van der Waals surface area contributed by atoms with Gasteiger partial charge in [0.25, 0.3) is 0 Å². The summed E-state index contributed by atoms with van der Waals surface area (Å²) in [6.45, 7) is 3.13. The van der Waals surface area contributed by atoms with Crippen LogP contribution in [0.4, 0.5) is 10.2 Å². The molecule has 1 N–H and O–H groups in total. The maximum absolute atomic E-state index is 14.7. The molecule has 5 heterocycles. The van der Waals surface area contributed by atoms with Gasteiger partial charge in [-0.15, -0.1) is 10.2 Å². The van der Waals surface area contributed by atoms with Crippen LogP contribution in [0.1, 0.15) is 22.7 Å². The number of pyridine rings is 1. The van der Waals surface area contributed by atoms with Crippen LogP contribution in [0.3, 0.4) is 0 Å². The number of aryl methyl sites for hydroxylation is 2. The van der Waals surface area contributed by atoms with Crippen LogP contribution in [0.15, 0.2) is 30.7 Å². The van der Waals surface area contributed by atoms with Crippen molar-refractivity contribution in [3.05, 3.63) is 53.4 Å². The Morgan fingerprint density at radius 3 is 2.80 bits per heavy atom. The van der Waals surface area contributed by atoms with Gasteiger partial charge in [-0.25, -0.2) is 4.39 Å². The molecular weight excluding hydrogens is 387 g/mol. The molecule has 0 radical (unpaired) electrons. The van der Waals surface area contributed by atoms with E-state index < -0.39 is 0 Å². The van der Waals surface area contributed by atoms with E-state index in [1.807, 2.05) is 30.6 Å². The zero-order chi connectivity index (χ0) is 20.4. The largest absolute Gasteiger partial charge is 0.493 e. The van der Waals surface area contributed by atoms with Crippen molar-refractivity contribution < 1.29 is 13.9 Å². The second-order valence-corrected chi connectivity index (χ2v) is 7.71. The number of hydrogen-bond donors (Lipinski definition) is 1. The van der Waals surface area contributed by atoms with Crippen molar-refractivity contribution in [2.45, 2.75) is 19.4 Å². The van der Waals surface area contributed by atoms with E-state index in [0.717, 1.165) is 28.1 Å². The fraction of sp³-hybridized carbons (Fsp3) is 0.286. The smallest absolute Gasteiger partial charge is 0.170 e. The number of halogens is 1. The minimum Gasteiger partial charge on any atom is -0.493 e. The molecule has 8 nitrogen and oxygen atoms in total. The predicted molar refractivity (Wildman–Crippen MR) is 107 cm³/mol. The Hall–Kier alpha value is -3.62. The molecular formula is C21H19FN6O2. The third-order valence-corrected chi connectivity index (χ3v) is 5.82. The summed E-state index contributed by atoms with van der Waals surface area (Å²) < 4.78 is 30.3. The highest BCUT2D eigenvalue weighted by molar-refractivity contribution is 5.82. The summed E-state index contributed by atoms with van der Waals surface area (Å²) in [5, 5.41) is 16.2. The van der Waals surface area contributed by atoms with Gasteiger partial charge < -0.3 is 14.8 Å². The first-order valence-electron chi connectivity index (χ1n) is 9.78. The molecule has 2 aliphatic heterocycles. The van der Waals surface area contributed by atoms with Crippen molar-refractivity contribution in [2.24, 2.45) is 7.05 Å².